The van der Waals surface area contributed by atoms with Gasteiger partial charge in [0.25, 0.3) is 10.1 Å². The molecule has 12 heavy (non-hydrogen) atoms. The highest BCUT2D eigenvalue weighted by atomic mass is 32.2. The first-order chi connectivity index (χ1) is 5.56. The minimum absolute atomic E-state index is 0.209. The average molecular weight is 196 g/mol. The van der Waals surface area contributed by atoms with E-state index in [1.54, 1.807) is 0 Å². The molecule has 0 aliphatic heterocycles. The van der Waals surface area contributed by atoms with Crippen molar-refractivity contribution in [3.8, 4) is 0 Å². The second-order valence-electron chi connectivity index (χ2n) is 2.61. The Bertz CT molecular complexity index is 186. The highest BCUT2D eigenvalue weighted by Gasteiger charge is 2.02. The molecule has 0 unspecified atom stereocenters. The summed E-state index contributed by atoms with van der Waals surface area (Å²) in [6.45, 7) is 3.13. The molecule has 0 fully saturated rings. The summed E-state index contributed by atoms with van der Waals surface area (Å²) in [5.74, 6) is -0.209. The first-order valence-electron chi connectivity index (χ1n) is 4.09. The Morgan fingerprint density at radius 1 is 1.25 bits per heavy atom. The third-order valence-corrected chi connectivity index (χ3v) is 2.14. The van der Waals surface area contributed by atoms with Crippen molar-refractivity contribution in [1.82, 2.24) is 0 Å². The lowest BCUT2D eigenvalue weighted by Gasteiger charge is -2.01. The van der Waals surface area contributed by atoms with Crippen molar-refractivity contribution in [3.63, 3.8) is 0 Å². The van der Waals surface area contributed by atoms with Gasteiger partial charge >= 0.3 is 0 Å². The monoisotopic (exact) mass is 196 g/mol. The Kier molecular flexibility index (Phi) is 6.32. The second kappa shape index (κ2) is 6.39. The van der Waals surface area contributed by atoms with Gasteiger partial charge in [0, 0.05) is 13.2 Å². The van der Waals surface area contributed by atoms with Crippen LogP contribution in [0.1, 0.15) is 26.2 Å². The van der Waals surface area contributed by atoms with Crippen LogP contribution in [-0.2, 0) is 14.9 Å². The molecule has 4 nitrogen and oxygen atoms in total. The molecule has 0 aromatic carbocycles. The predicted octanol–water partition coefficient (Wildman–Crippen LogP) is 1.08. The number of rotatable bonds is 7. The van der Waals surface area contributed by atoms with E-state index in [1.807, 2.05) is 0 Å². The minimum atomic E-state index is -3.80. The minimum Gasteiger partial charge on any atom is -0.381 e. The molecule has 0 atom stereocenters. The molecule has 74 valence electrons. The largest absolute Gasteiger partial charge is 0.381 e. The van der Waals surface area contributed by atoms with Gasteiger partial charge in [-0.1, -0.05) is 13.3 Å². The Hall–Kier alpha value is -0.130. The quantitative estimate of drug-likeness (QED) is 0.489. The molecule has 0 saturated carbocycles. The van der Waals surface area contributed by atoms with E-state index in [1.165, 1.54) is 0 Å². The zero-order valence-electron chi connectivity index (χ0n) is 7.32. The third-order valence-electron chi connectivity index (χ3n) is 1.33. The molecule has 0 aromatic rings. The standard InChI is InChI=1S/C7H16O4S/c1-2-3-5-11-6-4-7-12(8,9)10/h2-7H2,1H3,(H,8,9,10). The van der Waals surface area contributed by atoms with Crippen LogP contribution in [0.5, 0.6) is 0 Å². The van der Waals surface area contributed by atoms with Gasteiger partial charge in [0.15, 0.2) is 0 Å². The number of unbranched alkanes of at least 4 members (excludes halogenated alkanes) is 1. The fraction of sp³-hybridized carbons (Fsp3) is 1.00. The Morgan fingerprint density at radius 3 is 2.33 bits per heavy atom. The lowest BCUT2D eigenvalue weighted by molar-refractivity contribution is 0.132. The first-order valence-corrected chi connectivity index (χ1v) is 5.70. The van der Waals surface area contributed by atoms with Crippen LogP contribution in [0.2, 0.25) is 0 Å². The third kappa shape index (κ3) is 9.87. The van der Waals surface area contributed by atoms with Crippen LogP contribution in [0.3, 0.4) is 0 Å². The zero-order valence-corrected chi connectivity index (χ0v) is 8.14. The summed E-state index contributed by atoms with van der Waals surface area (Å²) in [5.41, 5.74) is 0. The molecule has 0 rings (SSSR count). The lowest BCUT2D eigenvalue weighted by Crippen LogP contribution is -2.07. The Balaban J connectivity index is 3.12. The van der Waals surface area contributed by atoms with E-state index in [-0.39, 0.29) is 5.75 Å². The molecule has 0 heterocycles. The maximum Gasteiger partial charge on any atom is 0.264 e. The summed E-state index contributed by atoms with van der Waals surface area (Å²) in [6, 6.07) is 0. The van der Waals surface area contributed by atoms with Gasteiger partial charge in [-0.3, -0.25) is 4.55 Å². The van der Waals surface area contributed by atoms with E-state index < -0.39 is 10.1 Å². The van der Waals surface area contributed by atoms with Gasteiger partial charge in [0.2, 0.25) is 0 Å². The van der Waals surface area contributed by atoms with Gasteiger partial charge in [-0.2, -0.15) is 8.42 Å². The van der Waals surface area contributed by atoms with Crippen LogP contribution in [0.4, 0.5) is 0 Å². The molecular formula is C7H16O4S. The van der Waals surface area contributed by atoms with Crippen molar-refractivity contribution in [3.05, 3.63) is 0 Å². The van der Waals surface area contributed by atoms with E-state index in [2.05, 4.69) is 6.92 Å². The van der Waals surface area contributed by atoms with Crippen molar-refractivity contribution in [1.29, 1.82) is 0 Å². The first kappa shape index (κ1) is 11.9. The summed E-state index contributed by atoms with van der Waals surface area (Å²) in [5, 5.41) is 0. The van der Waals surface area contributed by atoms with Crippen molar-refractivity contribution < 1.29 is 17.7 Å². The van der Waals surface area contributed by atoms with Crippen LogP contribution in [-0.4, -0.2) is 31.9 Å². The topological polar surface area (TPSA) is 63.6 Å². The SMILES string of the molecule is CCCCOCCCS(=O)(=O)O. The van der Waals surface area contributed by atoms with Crippen molar-refractivity contribution in [2.45, 2.75) is 26.2 Å². The number of hydrogen-bond donors (Lipinski definition) is 1. The van der Waals surface area contributed by atoms with Crippen LogP contribution >= 0.6 is 0 Å². The van der Waals surface area contributed by atoms with Crippen LogP contribution in [0.15, 0.2) is 0 Å². The van der Waals surface area contributed by atoms with Crippen LogP contribution in [0.25, 0.3) is 0 Å². The molecule has 0 radical (unpaired) electrons. The maximum atomic E-state index is 10.2. The molecular weight excluding hydrogens is 180 g/mol. The fourth-order valence-electron chi connectivity index (χ4n) is 0.692. The second-order valence-corrected chi connectivity index (χ2v) is 4.18. The van der Waals surface area contributed by atoms with E-state index in [0.717, 1.165) is 12.8 Å². The molecule has 1 N–H and O–H groups in total. The molecule has 0 aromatic heterocycles. The molecule has 0 aliphatic carbocycles. The van der Waals surface area contributed by atoms with Gasteiger partial charge < -0.3 is 4.74 Å². The van der Waals surface area contributed by atoms with Crippen LogP contribution in [0, 0.1) is 0 Å². The molecule has 0 aliphatic rings. The van der Waals surface area contributed by atoms with Crippen molar-refractivity contribution in [2.75, 3.05) is 19.0 Å². The maximum absolute atomic E-state index is 10.2. The Labute approximate surface area is 73.7 Å². The molecule has 0 spiro atoms. The smallest absolute Gasteiger partial charge is 0.264 e. The summed E-state index contributed by atoms with van der Waals surface area (Å²) in [4.78, 5) is 0. The highest BCUT2D eigenvalue weighted by Crippen LogP contribution is 1.92. The van der Waals surface area contributed by atoms with Gasteiger partial charge in [0.1, 0.15) is 0 Å². The molecule has 0 amide bonds. The van der Waals surface area contributed by atoms with E-state index in [0.29, 0.717) is 19.6 Å². The molecule has 0 saturated heterocycles. The summed E-state index contributed by atoms with van der Waals surface area (Å²) in [6.07, 6.45) is 2.42. The van der Waals surface area contributed by atoms with Gasteiger partial charge in [-0.15, -0.1) is 0 Å². The van der Waals surface area contributed by atoms with Gasteiger partial charge in [0.05, 0.1) is 5.75 Å². The summed E-state index contributed by atoms with van der Waals surface area (Å²) < 4.78 is 33.9. The van der Waals surface area contributed by atoms with Gasteiger partial charge in [-0.05, 0) is 12.8 Å². The van der Waals surface area contributed by atoms with Crippen molar-refractivity contribution >= 4 is 10.1 Å². The average Bonchev–Trinajstić information content (AvgIpc) is 1.94. The van der Waals surface area contributed by atoms with E-state index in [9.17, 15) is 8.42 Å². The molecule has 0 bridgehead atoms. The predicted molar refractivity (Wildman–Crippen MR) is 46.8 cm³/mol. The summed E-state index contributed by atoms with van der Waals surface area (Å²) in [7, 11) is -3.80. The molecule has 5 heteroatoms. The number of hydrogen-bond acceptors (Lipinski definition) is 3. The lowest BCUT2D eigenvalue weighted by atomic mass is 10.4. The van der Waals surface area contributed by atoms with Crippen LogP contribution < -0.4 is 0 Å². The van der Waals surface area contributed by atoms with Crippen molar-refractivity contribution in [2.24, 2.45) is 0 Å². The van der Waals surface area contributed by atoms with E-state index >= 15 is 0 Å². The van der Waals surface area contributed by atoms with Gasteiger partial charge in [-0.25, -0.2) is 0 Å². The highest BCUT2D eigenvalue weighted by molar-refractivity contribution is 7.85. The normalized spacial score (nSPS) is 11.8. The zero-order chi connectivity index (χ0) is 9.45. The summed E-state index contributed by atoms with van der Waals surface area (Å²) >= 11 is 0. The number of ether oxygens (including phenoxy) is 1. The Morgan fingerprint density at radius 2 is 1.83 bits per heavy atom. The van der Waals surface area contributed by atoms with E-state index in [4.69, 9.17) is 9.29 Å². The fourth-order valence-corrected chi connectivity index (χ4v) is 1.17.